The third-order valence-electron chi connectivity index (χ3n) is 4.25. The fraction of sp³-hybridized carbons (Fsp3) is 0.222. The summed E-state index contributed by atoms with van der Waals surface area (Å²) in [6.45, 7) is 2.72. The molecule has 3 rings (SSSR count). The van der Waals surface area contributed by atoms with Crippen LogP contribution in [-0.2, 0) is 0 Å². The summed E-state index contributed by atoms with van der Waals surface area (Å²) in [5.41, 5.74) is 6.22. The molecule has 0 spiro atoms. The van der Waals surface area contributed by atoms with Crippen molar-refractivity contribution in [3.63, 3.8) is 0 Å². The van der Waals surface area contributed by atoms with Crippen LogP contribution in [0.15, 0.2) is 48.5 Å². The van der Waals surface area contributed by atoms with Gasteiger partial charge in [-0.2, -0.15) is 0 Å². The number of likely N-dealkylation sites (tertiary alicyclic amines) is 1. The van der Waals surface area contributed by atoms with Crippen LogP contribution in [0.4, 0.5) is 14.9 Å². The van der Waals surface area contributed by atoms with E-state index in [2.05, 4.69) is 12.2 Å². The minimum atomic E-state index is -0.842. The van der Waals surface area contributed by atoms with Crippen LogP contribution in [0.3, 0.4) is 0 Å². The number of nitrogens with zero attached hydrogens (tertiary/aromatic N) is 1. The van der Waals surface area contributed by atoms with Gasteiger partial charge in [-0.25, -0.2) is 9.18 Å². The number of halogens is 1. The average molecular weight is 327 g/mol. The Labute approximate surface area is 139 Å². The van der Waals surface area contributed by atoms with Crippen molar-refractivity contribution in [3.8, 4) is 0 Å². The summed E-state index contributed by atoms with van der Waals surface area (Å²) >= 11 is 0. The molecule has 0 aliphatic carbocycles. The number of urea groups is 1. The Kier molecular flexibility index (Phi) is 4.20. The molecular weight excluding hydrogens is 309 g/mol. The smallest absolute Gasteiger partial charge is 0.322 e. The lowest BCUT2D eigenvalue weighted by Crippen LogP contribution is -2.53. The van der Waals surface area contributed by atoms with Gasteiger partial charge in [0, 0.05) is 12.2 Å². The molecule has 2 aromatic carbocycles. The van der Waals surface area contributed by atoms with Gasteiger partial charge < -0.3 is 16.0 Å². The van der Waals surface area contributed by atoms with Gasteiger partial charge in [-0.15, -0.1) is 0 Å². The first kappa shape index (κ1) is 16.0. The molecule has 1 aliphatic rings. The number of carbonyl (C=O) groups is 2. The molecule has 6 heteroatoms. The summed E-state index contributed by atoms with van der Waals surface area (Å²) in [4.78, 5) is 25.2. The maximum absolute atomic E-state index is 13.8. The van der Waals surface area contributed by atoms with Crippen LogP contribution in [0.25, 0.3) is 0 Å². The second kappa shape index (κ2) is 6.31. The number of anilines is 1. The number of hydrogen-bond acceptors (Lipinski definition) is 2. The van der Waals surface area contributed by atoms with Crippen LogP contribution in [0.2, 0.25) is 0 Å². The third-order valence-corrected chi connectivity index (χ3v) is 4.25. The molecule has 3 amide bonds. The van der Waals surface area contributed by atoms with Crippen LogP contribution >= 0.6 is 0 Å². The fourth-order valence-electron chi connectivity index (χ4n) is 3.05. The Hall–Kier alpha value is -2.89. The van der Waals surface area contributed by atoms with Crippen molar-refractivity contribution < 1.29 is 14.0 Å². The molecule has 0 saturated carbocycles. The summed E-state index contributed by atoms with van der Waals surface area (Å²) < 4.78 is 13.8. The predicted octanol–water partition coefficient (Wildman–Crippen LogP) is 3.15. The first-order chi connectivity index (χ1) is 11.5. The van der Waals surface area contributed by atoms with Crippen LogP contribution < -0.4 is 11.1 Å². The molecule has 0 radical (unpaired) electrons. The van der Waals surface area contributed by atoms with Gasteiger partial charge in [0.2, 0.25) is 0 Å². The van der Waals surface area contributed by atoms with Gasteiger partial charge in [0.05, 0.1) is 11.6 Å². The van der Waals surface area contributed by atoms with E-state index >= 15 is 0 Å². The summed E-state index contributed by atoms with van der Waals surface area (Å²) in [5, 5.41) is 2.67. The lowest BCUT2D eigenvalue weighted by molar-refractivity contribution is 0.0671. The lowest BCUT2D eigenvalue weighted by Gasteiger charge is -2.46. The number of nitrogens with one attached hydrogen (secondary N) is 1. The molecule has 2 atom stereocenters. The highest BCUT2D eigenvalue weighted by Gasteiger charge is 2.39. The van der Waals surface area contributed by atoms with E-state index in [1.54, 1.807) is 4.90 Å². The minimum Gasteiger partial charge on any atom is -0.366 e. The first-order valence-corrected chi connectivity index (χ1v) is 7.69. The molecular formula is C18H18FN3O2. The zero-order valence-electron chi connectivity index (χ0n) is 13.2. The van der Waals surface area contributed by atoms with Crippen molar-refractivity contribution in [1.82, 2.24) is 4.90 Å². The molecule has 0 bridgehead atoms. The van der Waals surface area contributed by atoms with Crippen molar-refractivity contribution >= 4 is 17.6 Å². The predicted molar refractivity (Wildman–Crippen MR) is 89.0 cm³/mol. The Morgan fingerprint density at radius 2 is 1.92 bits per heavy atom. The largest absolute Gasteiger partial charge is 0.366 e. The fourth-order valence-corrected chi connectivity index (χ4v) is 3.05. The Balaban J connectivity index is 1.73. The zero-order chi connectivity index (χ0) is 17.3. The first-order valence-electron chi connectivity index (χ1n) is 7.69. The molecule has 0 aromatic heterocycles. The van der Waals surface area contributed by atoms with E-state index in [1.807, 2.05) is 30.3 Å². The zero-order valence-corrected chi connectivity index (χ0v) is 13.2. The number of rotatable bonds is 3. The van der Waals surface area contributed by atoms with Gasteiger partial charge in [0.15, 0.2) is 0 Å². The molecule has 1 heterocycles. The number of amides is 3. The monoisotopic (exact) mass is 327 g/mol. The second-order valence-electron chi connectivity index (χ2n) is 5.97. The molecule has 3 N–H and O–H groups in total. The Morgan fingerprint density at radius 1 is 1.21 bits per heavy atom. The van der Waals surface area contributed by atoms with Crippen molar-refractivity contribution in [2.75, 3.05) is 11.9 Å². The highest BCUT2D eigenvalue weighted by molar-refractivity contribution is 5.95. The summed E-state index contributed by atoms with van der Waals surface area (Å²) in [6, 6.07) is 13.3. The normalized spacial score (nSPS) is 19.5. The highest BCUT2D eigenvalue weighted by Crippen LogP contribution is 2.38. The van der Waals surface area contributed by atoms with Crippen LogP contribution in [-0.4, -0.2) is 23.4 Å². The standard InChI is InChI=1S/C18H18FN3O2/c1-11-10-22(16(11)12-5-3-2-4-6-12)18(24)21-13-7-8-14(17(20)23)15(19)9-13/h2-9,11,16H,10H2,1H3,(H2,20,23)(H,21,24). The van der Waals surface area contributed by atoms with Gasteiger partial charge in [0.1, 0.15) is 5.82 Å². The van der Waals surface area contributed by atoms with Crippen LogP contribution in [0.5, 0.6) is 0 Å². The van der Waals surface area contributed by atoms with Gasteiger partial charge in [-0.1, -0.05) is 37.3 Å². The average Bonchev–Trinajstić information content (AvgIpc) is 2.53. The summed E-state index contributed by atoms with van der Waals surface area (Å²) in [5.74, 6) is -1.24. The van der Waals surface area contributed by atoms with E-state index in [0.29, 0.717) is 12.5 Å². The quantitative estimate of drug-likeness (QED) is 0.908. The van der Waals surface area contributed by atoms with Crippen molar-refractivity contribution in [3.05, 3.63) is 65.5 Å². The van der Waals surface area contributed by atoms with E-state index in [0.717, 1.165) is 11.6 Å². The van der Waals surface area contributed by atoms with Crippen molar-refractivity contribution in [2.24, 2.45) is 11.7 Å². The maximum atomic E-state index is 13.8. The van der Waals surface area contributed by atoms with Gasteiger partial charge in [-0.05, 0) is 29.7 Å². The molecule has 124 valence electrons. The highest BCUT2D eigenvalue weighted by atomic mass is 19.1. The second-order valence-corrected chi connectivity index (χ2v) is 5.97. The number of hydrogen-bond donors (Lipinski definition) is 2. The van der Waals surface area contributed by atoms with Gasteiger partial charge >= 0.3 is 6.03 Å². The molecule has 1 saturated heterocycles. The molecule has 5 nitrogen and oxygen atoms in total. The van der Waals surface area contributed by atoms with Gasteiger partial charge in [0.25, 0.3) is 5.91 Å². The Bertz CT molecular complexity index is 779. The number of primary amides is 1. The van der Waals surface area contributed by atoms with E-state index in [1.165, 1.54) is 12.1 Å². The van der Waals surface area contributed by atoms with Gasteiger partial charge in [-0.3, -0.25) is 4.79 Å². The minimum absolute atomic E-state index is 0.000870. The van der Waals surface area contributed by atoms with E-state index in [9.17, 15) is 14.0 Å². The lowest BCUT2D eigenvalue weighted by atomic mass is 9.85. The van der Waals surface area contributed by atoms with E-state index < -0.39 is 11.7 Å². The Morgan fingerprint density at radius 3 is 2.50 bits per heavy atom. The maximum Gasteiger partial charge on any atom is 0.322 e. The van der Waals surface area contributed by atoms with E-state index in [4.69, 9.17) is 5.73 Å². The molecule has 2 unspecified atom stereocenters. The van der Waals surface area contributed by atoms with Crippen molar-refractivity contribution in [2.45, 2.75) is 13.0 Å². The topological polar surface area (TPSA) is 75.4 Å². The number of nitrogens with two attached hydrogens (primary N) is 1. The SMILES string of the molecule is CC1CN(C(=O)Nc2ccc(C(N)=O)c(F)c2)C1c1ccccc1. The number of carbonyl (C=O) groups excluding carboxylic acids is 2. The molecule has 24 heavy (non-hydrogen) atoms. The number of benzene rings is 2. The third kappa shape index (κ3) is 2.95. The molecule has 1 aliphatic heterocycles. The van der Waals surface area contributed by atoms with E-state index in [-0.39, 0.29) is 23.3 Å². The summed E-state index contributed by atoms with van der Waals surface area (Å²) in [6.07, 6.45) is 0. The molecule has 1 fully saturated rings. The van der Waals surface area contributed by atoms with Crippen LogP contribution in [0, 0.1) is 11.7 Å². The molecule has 2 aromatic rings. The van der Waals surface area contributed by atoms with Crippen molar-refractivity contribution in [1.29, 1.82) is 0 Å². The van der Waals surface area contributed by atoms with Crippen LogP contribution in [0.1, 0.15) is 28.9 Å². The summed E-state index contributed by atoms with van der Waals surface area (Å²) in [7, 11) is 0.